The summed E-state index contributed by atoms with van der Waals surface area (Å²) in [6.45, 7) is 0. The van der Waals surface area contributed by atoms with Crippen LogP contribution in [0, 0.1) is 5.41 Å². The molecule has 2 rings (SSSR count). The molecular weight excluding hydrogens is 321 g/mol. The number of guanidine groups is 1. The topological polar surface area (TPSA) is 77.8 Å². The number of halogens is 2. The summed E-state index contributed by atoms with van der Waals surface area (Å²) in [5.41, 5.74) is 7.09. The quantitative estimate of drug-likeness (QED) is 0.509. The van der Waals surface area contributed by atoms with E-state index in [1.54, 1.807) is 48.5 Å². The lowest BCUT2D eigenvalue weighted by molar-refractivity contribution is 0.472. The second-order valence-corrected chi connectivity index (χ2v) is 5.14. The van der Waals surface area contributed by atoms with Crippen LogP contribution in [0.15, 0.2) is 58.7 Å². The van der Waals surface area contributed by atoms with Gasteiger partial charge in [0.05, 0.1) is 12.4 Å². The van der Waals surface area contributed by atoms with Gasteiger partial charge in [-0.3, -0.25) is 5.41 Å². The van der Waals surface area contributed by atoms with Crippen LogP contribution in [-0.2, 0) is 0 Å². The molecule has 2 aromatic carbocycles. The molecule has 0 saturated carbocycles. The van der Waals surface area contributed by atoms with Gasteiger partial charge >= 0.3 is 0 Å². The van der Waals surface area contributed by atoms with Crippen molar-refractivity contribution in [3.8, 4) is 0 Å². The molecule has 0 aliphatic carbocycles. The third-order valence-corrected chi connectivity index (χ3v) is 3.09. The first-order valence-electron chi connectivity index (χ1n) is 6.28. The zero-order chi connectivity index (χ0) is 15.9. The van der Waals surface area contributed by atoms with E-state index in [0.717, 1.165) is 16.2 Å². The summed E-state index contributed by atoms with van der Waals surface area (Å²) in [4.78, 5) is 0. The van der Waals surface area contributed by atoms with E-state index in [0.29, 0.717) is 10.0 Å². The van der Waals surface area contributed by atoms with E-state index in [9.17, 15) is 0 Å². The minimum Gasteiger partial charge on any atom is -0.367 e. The van der Waals surface area contributed by atoms with Gasteiger partial charge in [-0.2, -0.15) is 10.2 Å². The second-order valence-electron chi connectivity index (χ2n) is 4.27. The molecule has 5 nitrogen and oxygen atoms in total. The van der Waals surface area contributed by atoms with Crippen molar-refractivity contribution < 1.29 is 0 Å². The molecule has 0 heterocycles. The maximum Gasteiger partial charge on any atom is 0.232 e. The molecule has 0 saturated heterocycles. The lowest BCUT2D eigenvalue weighted by atomic mass is 10.2. The lowest BCUT2D eigenvalue weighted by Gasteiger charge is -2.09. The Morgan fingerprint density at radius 1 is 0.864 bits per heavy atom. The summed E-state index contributed by atoms with van der Waals surface area (Å²) >= 11 is 11.6. The smallest absolute Gasteiger partial charge is 0.232 e. The first-order chi connectivity index (χ1) is 10.5. The maximum atomic E-state index is 7.49. The normalized spacial score (nSPS) is 11.2. The van der Waals surface area contributed by atoms with Crippen LogP contribution in [0.2, 0.25) is 10.0 Å². The van der Waals surface area contributed by atoms with Crippen LogP contribution in [0.25, 0.3) is 0 Å². The van der Waals surface area contributed by atoms with E-state index in [1.165, 1.54) is 12.4 Å². The molecular formula is C15H13Cl2N5. The molecule has 0 atom stereocenters. The average molecular weight is 334 g/mol. The van der Waals surface area contributed by atoms with Crippen LogP contribution in [-0.4, -0.2) is 23.5 Å². The van der Waals surface area contributed by atoms with Gasteiger partial charge in [0.15, 0.2) is 0 Å². The summed E-state index contributed by atoms with van der Waals surface area (Å²) < 4.78 is 0. The van der Waals surface area contributed by atoms with Crippen molar-refractivity contribution >= 4 is 41.6 Å². The fourth-order valence-electron chi connectivity index (χ4n) is 1.49. The first-order valence-corrected chi connectivity index (χ1v) is 7.03. The number of nitrogens with one attached hydrogen (secondary N) is 1. The van der Waals surface area contributed by atoms with Crippen LogP contribution in [0.1, 0.15) is 11.1 Å². The summed E-state index contributed by atoms with van der Waals surface area (Å²) in [5, 5.41) is 17.9. The van der Waals surface area contributed by atoms with Gasteiger partial charge < -0.3 is 5.73 Å². The van der Waals surface area contributed by atoms with Crippen molar-refractivity contribution in [2.45, 2.75) is 0 Å². The molecule has 0 aliphatic heterocycles. The number of hydrogen-bond donors (Lipinski definition) is 2. The van der Waals surface area contributed by atoms with Gasteiger partial charge in [0.2, 0.25) is 5.96 Å². The molecule has 0 unspecified atom stereocenters. The largest absolute Gasteiger partial charge is 0.367 e. The van der Waals surface area contributed by atoms with Crippen molar-refractivity contribution in [1.29, 1.82) is 5.41 Å². The minimum absolute atomic E-state index is 0.296. The highest BCUT2D eigenvalue weighted by Crippen LogP contribution is 2.09. The molecule has 2 aromatic rings. The molecule has 112 valence electrons. The molecule has 0 amide bonds. The molecule has 22 heavy (non-hydrogen) atoms. The van der Waals surface area contributed by atoms with Crippen LogP contribution in [0.3, 0.4) is 0 Å². The van der Waals surface area contributed by atoms with E-state index in [4.69, 9.17) is 34.3 Å². The molecule has 7 heteroatoms. The maximum absolute atomic E-state index is 7.49. The van der Waals surface area contributed by atoms with Gasteiger partial charge in [-0.05, 0) is 35.4 Å². The van der Waals surface area contributed by atoms with Crippen molar-refractivity contribution in [3.05, 3.63) is 69.7 Å². The van der Waals surface area contributed by atoms with Gasteiger partial charge in [-0.15, -0.1) is 5.12 Å². The summed E-state index contributed by atoms with van der Waals surface area (Å²) in [7, 11) is 0. The van der Waals surface area contributed by atoms with E-state index in [-0.39, 0.29) is 5.96 Å². The Bertz CT molecular complexity index is 637. The monoisotopic (exact) mass is 333 g/mol. The number of benzene rings is 2. The predicted octanol–water partition coefficient (Wildman–Crippen LogP) is 3.56. The van der Waals surface area contributed by atoms with Crippen LogP contribution >= 0.6 is 23.2 Å². The van der Waals surface area contributed by atoms with Crippen LogP contribution in [0.4, 0.5) is 0 Å². The third-order valence-electron chi connectivity index (χ3n) is 2.59. The third kappa shape index (κ3) is 4.87. The van der Waals surface area contributed by atoms with Gasteiger partial charge in [-0.25, -0.2) is 0 Å². The molecule has 0 bridgehead atoms. The zero-order valence-corrected chi connectivity index (χ0v) is 13.0. The molecule has 0 aliphatic rings. The van der Waals surface area contributed by atoms with E-state index < -0.39 is 0 Å². The molecule has 0 aromatic heterocycles. The number of nitrogens with two attached hydrogens (primary N) is 1. The Morgan fingerprint density at radius 2 is 1.23 bits per heavy atom. The van der Waals surface area contributed by atoms with Gasteiger partial charge in [0.25, 0.3) is 0 Å². The van der Waals surface area contributed by atoms with Crippen molar-refractivity contribution in [2.24, 2.45) is 15.9 Å². The Hall–Kier alpha value is -2.37. The minimum atomic E-state index is -0.296. The van der Waals surface area contributed by atoms with Crippen molar-refractivity contribution in [2.75, 3.05) is 0 Å². The van der Waals surface area contributed by atoms with E-state index >= 15 is 0 Å². The Kier molecular flexibility index (Phi) is 5.52. The molecule has 0 spiro atoms. The molecule has 0 fully saturated rings. The van der Waals surface area contributed by atoms with E-state index in [2.05, 4.69) is 10.2 Å². The highest BCUT2D eigenvalue weighted by molar-refractivity contribution is 6.30. The number of hydrogen-bond acceptors (Lipinski definition) is 3. The highest BCUT2D eigenvalue weighted by atomic mass is 35.5. The van der Waals surface area contributed by atoms with Crippen LogP contribution in [0.5, 0.6) is 0 Å². The Morgan fingerprint density at radius 3 is 1.55 bits per heavy atom. The van der Waals surface area contributed by atoms with Gasteiger partial charge in [0, 0.05) is 10.0 Å². The van der Waals surface area contributed by atoms with Crippen molar-refractivity contribution in [3.63, 3.8) is 0 Å². The predicted molar refractivity (Wildman–Crippen MR) is 91.8 cm³/mol. The summed E-state index contributed by atoms with van der Waals surface area (Å²) in [5.74, 6) is -0.296. The van der Waals surface area contributed by atoms with Crippen molar-refractivity contribution in [1.82, 2.24) is 5.12 Å². The Balaban J connectivity index is 2.11. The molecule has 0 radical (unpaired) electrons. The van der Waals surface area contributed by atoms with Gasteiger partial charge in [-0.1, -0.05) is 47.5 Å². The fourth-order valence-corrected chi connectivity index (χ4v) is 1.75. The standard InChI is InChI=1S/C15H13Cl2N5/c16-13-5-1-11(2-6-13)9-20-22(15(18)19)21-10-12-3-7-14(17)8-4-12/h1-10H,(H3,18,19). The summed E-state index contributed by atoms with van der Waals surface area (Å²) in [6, 6.07) is 14.2. The SMILES string of the molecule is N=C(N)N(N=Cc1ccc(Cl)cc1)N=Cc1ccc(Cl)cc1. The first kappa shape index (κ1) is 16.0. The summed E-state index contributed by atoms with van der Waals surface area (Å²) in [6.07, 6.45) is 3.08. The molecule has 3 N–H and O–H groups in total. The van der Waals surface area contributed by atoms with Gasteiger partial charge in [0.1, 0.15) is 0 Å². The van der Waals surface area contributed by atoms with Crippen LogP contribution < -0.4 is 5.73 Å². The average Bonchev–Trinajstić information content (AvgIpc) is 2.50. The second kappa shape index (κ2) is 7.59. The van der Waals surface area contributed by atoms with E-state index in [1.807, 2.05) is 0 Å². The Labute approximate surface area is 138 Å². The number of hydrazone groups is 2. The lowest BCUT2D eigenvalue weighted by Crippen LogP contribution is -2.27. The number of nitrogens with zero attached hydrogens (tertiary/aromatic N) is 3. The zero-order valence-electron chi connectivity index (χ0n) is 11.4. The number of rotatable bonds is 4. The highest BCUT2D eigenvalue weighted by Gasteiger charge is 2.00. The fraction of sp³-hybridized carbons (Fsp3) is 0.